The summed E-state index contributed by atoms with van der Waals surface area (Å²) in [6.07, 6.45) is 2.56. The number of nitrogens with zero attached hydrogens (tertiary/aromatic N) is 2. The zero-order valence-corrected chi connectivity index (χ0v) is 11.3. The summed E-state index contributed by atoms with van der Waals surface area (Å²) in [7, 11) is 0. The van der Waals surface area contributed by atoms with Crippen molar-refractivity contribution in [2.75, 3.05) is 12.4 Å². The van der Waals surface area contributed by atoms with Crippen molar-refractivity contribution < 1.29 is 22.4 Å². The summed E-state index contributed by atoms with van der Waals surface area (Å²) in [5.74, 6) is -0.263. The molecule has 0 spiro atoms. The SMILES string of the molecule is FC(F)=C(F)CCSc1ncc(/C=N/OCC2CC2)o1. The number of halogens is 3. The molecule has 8 heteroatoms. The van der Waals surface area contributed by atoms with Crippen molar-refractivity contribution in [2.45, 2.75) is 24.5 Å². The largest absolute Gasteiger partial charge is 0.430 e. The number of thioether (sulfide) groups is 1. The van der Waals surface area contributed by atoms with Crippen molar-refractivity contribution in [3.63, 3.8) is 0 Å². The molecule has 4 nitrogen and oxygen atoms in total. The van der Waals surface area contributed by atoms with Crippen LogP contribution in [0, 0.1) is 5.92 Å². The number of oxime groups is 1. The predicted molar refractivity (Wildman–Crippen MR) is 68.5 cm³/mol. The van der Waals surface area contributed by atoms with Gasteiger partial charge in [0.1, 0.15) is 12.8 Å². The van der Waals surface area contributed by atoms with Gasteiger partial charge < -0.3 is 9.25 Å². The molecule has 0 atom stereocenters. The molecule has 0 unspecified atom stereocenters. The molecule has 0 aromatic carbocycles. The Morgan fingerprint density at radius 1 is 1.50 bits per heavy atom. The lowest BCUT2D eigenvalue weighted by Gasteiger charge is -1.95. The summed E-state index contributed by atoms with van der Waals surface area (Å²) in [6, 6.07) is 0. The van der Waals surface area contributed by atoms with Crippen LogP contribution in [0.1, 0.15) is 25.0 Å². The van der Waals surface area contributed by atoms with Gasteiger partial charge in [-0.2, -0.15) is 8.78 Å². The average molecular weight is 306 g/mol. The molecule has 0 N–H and O–H groups in total. The fraction of sp³-hybridized carbons (Fsp3) is 0.500. The van der Waals surface area contributed by atoms with Crippen molar-refractivity contribution in [1.82, 2.24) is 4.98 Å². The lowest BCUT2D eigenvalue weighted by Crippen LogP contribution is -1.89. The van der Waals surface area contributed by atoms with E-state index in [9.17, 15) is 13.2 Å². The average Bonchev–Trinajstić information content (AvgIpc) is 3.14. The Morgan fingerprint density at radius 3 is 3.00 bits per heavy atom. The number of oxazole rings is 1. The van der Waals surface area contributed by atoms with Crippen LogP contribution in [0.5, 0.6) is 0 Å². The number of rotatable bonds is 8. The molecule has 0 aliphatic heterocycles. The molecule has 1 saturated carbocycles. The normalized spacial score (nSPS) is 14.8. The third-order valence-electron chi connectivity index (χ3n) is 2.52. The van der Waals surface area contributed by atoms with Gasteiger partial charge in [0.25, 0.3) is 5.22 Å². The Kier molecular flexibility index (Phi) is 5.51. The molecule has 0 bridgehead atoms. The molecule has 0 saturated heterocycles. The van der Waals surface area contributed by atoms with E-state index >= 15 is 0 Å². The predicted octanol–water partition coefficient (Wildman–Crippen LogP) is 3.99. The van der Waals surface area contributed by atoms with Gasteiger partial charge in [0.2, 0.25) is 0 Å². The summed E-state index contributed by atoms with van der Waals surface area (Å²) >= 11 is 1.05. The third-order valence-corrected chi connectivity index (χ3v) is 3.36. The van der Waals surface area contributed by atoms with Crippen molar-refractivity contribution >= 4 is 18.0 Å². The van der Waals surface area contributed by atoms with Crippen molar-refractivity contribution in [3.8, 4) is 0 Å². The Bertz CT molecular complexity index is 497. The second-order valence-electron chi connectivity index (χ2n) is 4.27. The summed E-state index contributed by atoms with van der Waals surface area (Å²) in [6.45, 7) is 0.604. The van der Waals surface area contributed by atoms with Crippen LogP contribution in [-0.2, 0) is 4.84 Å². The number of hydrogen-bond donors (Lipinski definition) is 0. The Morgan fingerprint density at radius 2 is 2.30 bits per heavy atom. The van der Waals surface area contributed by atoms with Crippen LogP contribution in [0.3, 0.4) is 0 Å². The Hall–Kier alpha value is -1.44. The van der Waals surface area contributed by atoms with Gasteiger partial charge >= 0.3 is 6.08 Å². The van der Waals surface area contributed by atoms with Gasteiger partial charge in [0, 0.05) is 12.2 Å². The molecular weight excluding hydrogens is 293 g/mol. The standard InChI is InChI=1S/C12H13F3N2O2S/c13-10(11(14)15)3-4-20-12-16-5-9(19-12)6-17-18-7-8-1-2-8/h5-6,8H,1-4,7H2/b17-6+. The van der Waals surface area contributed by atoms with Crippen molar-refractivity contribution in [3.05, 3.63) is 23.9 Å². The zero-order chi connectivity index (χ0) is 14.4. The number of aromatic nitrogens is 1. The lowest BCUT2D eigenvalue weighted by molar-refractivity contribution is 0.135. The smallest absolute Gasteiger partial charge is 0.301 e. The highest BCUT2D eigenvalue weighted by atomic mass is 32.2. The van der Waals surface area contributed by atoms with Crippen molar-refractivity contribution in [2.24, 2.45) is 11.1 Å². The van der Waals surface area contributed by atoms with Crippen LogP contribution in [-0.4, -0.2) is 23.6 Å². The van der Waals surface area contributed by atoms with Crippen LogP contribution in [0.4, 0.5) is 13.2 Å². The zero-order valence-electron chi connectivity index (χ0n) is 10.5. The van der Waals surface area contributed by atoms with E-state index in [0.29, 0.717) is 18.3 Å². The van der Waals surface area contributed by atoms with E-state index in [1.807, 2.05) is 0 Å². The summed E-state index contributed by atoms with van der Waals surface area (Å²) in [5.41, 5.74) is 0. The van der Waals surface area contributed by atoms with Crippen molar-refractivity contribution in [1.29, 1.82) is 0 Å². The van der Waals surface area contributed by atoms with Crippen LogP contribution in [0.15, 0.2) is 32.9 Å². The Labute approximate surface area is 118 Å². The van der Waals surface area contributed by atoms with E-state index in [1.54, 1.807) is 0 Å². The third kappa shape index (κ3) is 5.28. The molecule has 1 aromatic heterocycles. The van der Waals surface area contributed by atoms with E-state index < -0.39 is 11.9 Å². The first-order valence-corrected chi connectivity index (χ1v) is 7.07. The van der Waals surface area contributed by atoms with E-state index in [4.69, 9.17) is 9.25 Å². The highest BCUT2D eigenvalue weighted by Crippen LogP contribution is 2.28. The minimum atomic E-state index is -2.28. The first-order valence-electron chi connectivity index (χ1n) is 6.08. The summed E-state index contributed by atoms with van der Waals surface area (Å²) in [4.78, 5) is 8.95. The van der Waals surface area contributed by atoms with Gasteiger partial charge in [-0.15, -0.1) is 0 Å². The van der Waals surface area contributed by atoms with E-state index in [1.165, 1.54) is 25.3 Å². The molecule has 2 rings (SSSR count). The monoisotopic (exact) mass is 306 g/mol. The maximum Gasteiger partial charge on any atom is 0.301 e. The summed E-state index contributed by atoms with van der Waals surface area (Å²) in [5, 5.41) is 4.01. The van der Waals surface area contributed by atoms with E-state index in [-0.39, 0.29) is 17.4 Å². The molecule has 0 amide bonds. The van der Waals surface area contributed by atoms with Gasteiger partial charge in [0.05, 0.1) is 6.20 Å². The second-order valence-corrected chi connectivity index (χ2v) is 5.31. The molecule has 1 aromatic rings. The molecule has 20 heavy (non-hydrogen) atoms. The fourth-order valence-electron chi connectivity index (χ4n) is 1.24. The molecule has 1 heterocycles. The first-order chi connectivity index (χ1) is 9.65. The molecule has 1 aliphatic rings. The maximum atomic E-state index is 12.5. The van der Waals surface area contributed by atoms with Crippen LogP contribution in [0.25, 0.3) is 0 Å². The van der Waals surface area contributed by atoms with Crippen LogP contribution < -0.4 is 0 Å². The molecule has 0 radical (unpaired) electrons. The molecule has 110 valence electrons. The van der Waals surface area contributed by atoms with Gasteiger partial charge in [-0.05, 0) is 18.8 Å². The van der Waals surface area contributed by atoms with Gasteiger partial charge in [0.15, 0.2) is 11.6 Å². The van der Waals surface area contributed by atoms with Crippen LogP contribution in [0.2, 0.25) is 0 Å². The first kappa shape index (κ1) is 15.0. The fourth-order valence-corrected chi connectivity index (χ4v) is 1.98. The van der Waals surface area contributed by atoms with Gasteiger partial charge in [-0.1, -0.05) is 16.9 Å². The second kappa shape index (κ2) is 7.37. The Balaban J connectivity index is 1.69. The van der Waals surface area contributed by atoms with E-state index in [2.05, 4.69) is 10.1 Å². The topological polar surface area (TPSA) is 47.6 Å². The molecule has 1 aliphatic carbocycles. The summed E-state index contributed by atoms with van der Waals surface area (Å²) < 4.78 is 41.4. The highest BCUT2D eigenvalue weighted by Gasteiger charge is 2.21. The maximum absolute atomic E-state index is 12.5. The van der Waals surface area contributed by atoms with Gasteiger partial charge in [-0.3, -0.25) is 0 Å². The number of hydrogen-bond acceptors (Lipinski definition) is 5. The lowest BCUT2D eigenvalue weighted by atomic mass is 10.4. The quantitative estimate of drug-likeness (QED) is 0.414. The van der Waals surface area contributed by atoms with Crippen LogP contribution >= 0.6 is 11.8 Å². The van der Waals surface area contributed by atoms with E-state index in [0.717, 1.165) is 11.8 Å². The van der Waals surface area contributed by atoms with Gasteiger partial charge in [-0.25, -0.2) is 9.37 Å². The minimum absolute atomic E-state index is 0.123. The molecule has 1 fully saturated rings. The highest BCUT2D eigenvalue weighted by molar-refractivity contribution is 7.99. The minimum Gasteiger partial charge on any atom is -0.430 e. The molecular formula is C12H13F3N2O2S. The number of allylic oxidation sites excluding steroid dienone is 1.